The zero-order valence-electron chi connectivity index (χ0n) is 8.93. The molecule has 0 aliphatic rings. The molecule has 16 heavy (non-hydrogen) atoms. The van der Waals surface area contributed by atoms with E-state index in [0.29, 0.717) is 22.2 Å². The van der Waals surface area contributed by atoms with Gasteiger partial charge in [0, 0.05) is 25.6 Å². The largest absolute Gasteiger partial charge is 0.403 e. The number of hydrogen-bond acceptors (Lipinski definition) is 3. The summed E-state index contributed by atoms with van der Waals surface area (Å²) in [7, 11) is 0. The highest BCUT2D eigenvalue weighted by Crippen LogP contribution is 2.37. The van der Waals surface area contributed by atoms with Crippen LogP contribution in [0.2, 0.25) is 5.02 Å². The molecule has 0 amide bonds. The van der Waals surface area contributed by atoms with Gasteiger partial charge in [-0.15, -0.1) is 0 Å². The average molecular weight is 236 g/mol. The van der Waals surface area contributed by atoms with E-state index in [2.05, 4.69) is 24.1 Å². The minimum atomic E-state index is 0.313. The average Bonchev–Trinajstić information content (AvgIpc) is 2.24. The third kappa shape index (κ3) is 3.02. The van der Waals surface area contributed by atoms with E-state index in [4.69, 9.17) is 26.8 Å². The molecule has 3 nitrogen and oxygen atoms in total. The lowest BCUT2D eigenvalue weighted by Gasteiger charge is -2.07. The van der Waals surface area contributed by atoms with Gasteiger partial charge in [0.2, 0.25) is 5.75 Å². The third-order valence-corrected chi connectivity index (χ3v) is 1.83. The Balaban J connectivity index is 3.16. The van der Waals surface area contributed by atoms with E-state index in [1.807, 2.05) is 0 Å². The Labute approximate surface area is 99.5 Å². The van der Waals surface area contributed by atoms with E-state index >= 15 is 0 Å². The van der Waals surface area contributed by atoms with Crippen LogP contribution in [0.1, 0.15) is 13.8 Å². The lowest BCUT2D eigenvalue weighted by atomic mass is 10.3. The van der Waals surface area contributed by atoms with Gasteiger partial charge in [-0.1, -0.05) is 23.4 Å². The van der Waals surface area contributed by atoms with Gasteiger partial charge in [-0.25, -0.2) is 0 Å². The van der Waals surface area contributed by atoms with Gasteiger partial charge in [0.1, 0.15) is 12.2 Å². The second kappa shape index (κ2) is 5.80. The molecule has 1 aromatic carbocycles. The smallest absolute Gasteiger partial charge is 0.202 e. The minimum Gasteiger partial charge on any atom is -0.403 e. The fourth-order valence-corrected chi connectivity index (χ4v) is 1.23. The second-order valence-electron chi connectivity index (χ2n) is 2.74. The third-order valence-electron chi connectivity index (χ3n) is 1.55. The molecule has 0 bridgehead atoms. The number of anilines is 1. The first-order valence-electron chi connectivity index (χ1n) is 4.45. The molecule has 0 atom stereocenters. The van der Waals surface area contributed by atoms with E-state index in [0.717, 1.165) is 0 Å². The number of hydrogen-bond donors (Lipinski definition) is 1. The second-order valence-corrected chi connectivity index (χ2v) is 3.15. The monoisotopic (exact) mass is 235 g/mol. The van der Waals surface area contributed by atoms with Gasteiger partial charge in [-0.2, -0.15) is 0 Å². The quantitative estimate of drug-likeness (QED) is 0.633. The van der Waals surface area contributed by atoms with Crippen molar-refractivity contribution in [1.82, 2.24) is 0 Å². The maximum atomic E-state index is 5.95. The summed E-state index contributed by atoms with van der Waals surface area (Å²) >= 11 is 5.95. The Bertz CT molecular complexity index is 503. The lowest BCUT2D eigenvalue weighted by Crippen LogP contribution is -1.93. The van der Waals surface area contributed by atoms with Crippen LogP contribution in [0.3, 0.4) is 0 Å². The molecule has 0 radical (unpaired) electrons. The van der Waals surface area contributed by atoms with E-state index in [-0.39, 0.29) is 0 Å². The van der Waals surface area contributed by atoms with Crippen LogP contribution in [0.4, 0.5) is 5.69 Å². The number of halogens is 1. The van der Waals surface area contributed by atoms with Gasteiger partial charge in [-0.05, 0) is 6.07 Å². The predicted molar refractivity (Wildman–Crippen MR) is 64.0 cm³/mol. The Morgan fingerprint density at radius 1 is 1.12 bits per heavy atom. The van der Waals surface area contributed by atoms with Crippen LogP contribution in [0.5, 0.6) is 11.5 Å². The molecular formula is C12H10ClNO2. The molecule has 1 aromatic rings. The standard InChI is InChI=1S/C12H10ClNO2/c1-3-5-15-11-8-9(14)7-10(13)12(11)16-6-4-2/h7-8H,14H2,1-2H3. The summed E-state index contributed by atoms with van der Waals surface area (Å²) in [6.45, 7) is 3.30. The van der Waals surface area contributed by atoms with E-state index < -0.39 is 0 Å². The zero-order valence-corrected chi connectivity index (χ0v) is 9.68. The lowest BCUT2D eigenvalue weighted by molar-refractivity contribution is 0.452. The normalized spacial score (nSPS) is 8.19. The van der Waals surface area contributed by atoms with Crippen molar-refractivity contribution < 1.29 is 9.47 Å². The molecule has 0 aliphatic heterocycles. The van der Waals surface area contributed by atoms with Crippen LogP contribution in [0, 0.1) is 24.1 Å². The van der Waals surface area contributed by atoms with Crippen molar-refractivity contribution in [3.8, 4) is 35.6 Å². The number of benzene rings is 1. The molecule has 4 heteroatoms. The summed E-state index contributed by atoms with van der Waals surface area (Å²) in [5, 5.41) is 0.329. The molecular weight excluding hydrogens is 226 g/mol. The molecule has 0 saturated carbocycles. The van der Waals surface area contributed by atoms with Gasteiger partial charge in [0.25, 0.3) is 0 Å². The molecule has 0 heterocycles. The molecule has 0 unspecified atom stereocenters. The molecule has 0 aliphatic carbocycles. The van der Waals surface area contributed by atoms with Crippen molar-refractivity contribution in [2.75, 3.05) is 5.73 Å². The molecule has 0 spiro atoms. The van der Waals surface area contributed by atoms with Crippen LogP contribution >= 0.6 is 11.6 Å². The Hall–Kier alpha value is -1.97. The highest BCUT2D eigenvalue weighted by Gasteiger charge is 2.11. The van der Waals surface area contributed by atoms with Crippen molar-refractivity contribution in [3.05, 3.63) is 17.2 Å². The summed E-state index contributed by atoms with van der Waals surface area (Å²) in [6.07, 6.45) is 4.88. The predicted octanol–water partition coefficient (Wildman–Crippen LogP) is 2.64. The number of nitrogens with two attached hydrogens (primary N) is 1. The van der Waals surface area contributed by atoms with Crippen molar-refractivity contribution in [2.45, 2.75) is 13.8 Å². The fourth-order valence-electron chi connectivity index (χ4n) is 0.971. The van der Waals surface area contributed by atoms with Crippen LogP contribution in [0.15, 0.2) is 12.1 Å². The minimum absolute atomic E-state index is 0.313. The Kier molecular flexibility index (Phi) is 4.39. The molecule has 0 saturated heterocycles. The van der Waals surface area contributed by atoms with E-state index in [9.17, 15) is 0 Å². The van der Waals surface area contributed by atoms with Crippen LogP contribution in [-0.4, -0.2) is 0 Å². The molecule has 1 rings (SSSR count). The van der Waals surface area contributed by atoms with Crippen molar-refractivity contribution in [3.63, 3.8) is 0 Å². The van der Waals surface area contributed by atoms with Crippen molar-refractivity contribution in [1.29, 1.82) is 0 Å². The van der Waals surface area contributed by atoms with Gasteiger partial charge < -0.3 is 15.2 Å². The fraction of sp³-hybridized carbons (Fsp3) is 0.167. The Morgan fingerprint density at radius 3 is 2.38 bits per heavy atom. The van der Waals surface area contributed by atoms with Crippen molar-refractivity contribution >= 4 is 17.3 Å². The highest BCUT2D eigenvalue weighted by molar-refractivity contribution is 6.32. The summed E-state index contributed by atoms with van der Waals surface area (Å²) in [5.41, 5.74) is 6.09. The summed E-state index contributed by atoms with van der Waals surface area (Å²) in [4.78, 5) is 0. The van der Waals surface area contributed by atoms with Crippen LogP contribution in [0.25, 0.3) is 0 Å². The number of ether oxygens (including phenoxy) is 2. The molecule has 0 fully saturated rings. The molecule has 82 valence electrons. The first-order chi connectivity index (χ1) is 7.69. The summed E-state index contributed by atoms with van der Waals surface area (Å²) < 4.78 is 10.3. The first kappa shape index (κ1) is 12.1. The van der Waals surface area contributed by atoms with Crippen LogP contribution < -0.4 is 15.2 Å². The molecule has 0 aromatic heterocycles. The maximum Gasteiger partial charge on any atom is 0.202 e. The number of nitrogen functional groups attached to an aromatic ring is 1. The zero-order chi connectivity index (χ0) is 12.0. The highest BCUT2D eigenvalue weighted by atomic mass is 35.5. The van der Waals surface area contributed by atoms with Gasteiger partial charge >= 0.3 is 0 Å². The SMILES string of the molecule is CC#COc1cc(N)cc(Cl)c1OC#CC. The maximum absolute atomic E-state index is 5.95. The molecule has 2 N–H and O–H groups in total. The van der Waals surface area contributed by atoms with E-state index in [1.165, 1.54) is 0 Å². The summed E-state index contributed by atoms with van der Waals surface area (Å²) in [6, 6.07) is 3.13. The van der Waals surface area contributed by atoms with Gasteiger partial charge in [0.15, 0.2) is 5.75 Å². The van der Waals surface area contributed by atoms with E-state index in [1.54, 1.807) is 26.0 Å². The van der Waals surface area contributed by atoms with Crippen molar-refractivity contribution in [2.24, 2.45) is 0 Å². The topological polar surface area (TPSA) is 44.5 Å². The van der Waals surface area contributed by atoms with Gasteiger partial charge in [-0.3, -0.25) is 0 Å². The van der Waals surface area contributed by atoms with Gasteiger partial charge in [0.05, 0.1) is 5.02 Å². The Morgan fingerprint density at radius 2 is 1.75 bits per heavy atom. The summed E-state index contributed by atoms with van der Waals surface area (Å²) in [5.74, 6) is 5.84. The number of rotatable bonds is 2. The van der Waals surface area contributed by atoms with Crippen LogP contribution in [-0.2, 0) is 0 Å². The first-order valence-corrected chi connectivity index (χ1v) is 4.83.